The average molecular weight is 226 g/mol. The van der Waals surface area contributed by atoms with Crippen molar-refractivity contribution in [2.24, 2.45) is 0 Å². The lowest BCUT2D eigenvalue weighted by atomic mass is 9.96. The van der Waals surface area contributed by atoms with Gasteiger partial charge in [-0.3, -0.25) is 9.89 Å². The second-order valence-electron chi connectivity index (χ2n) is 4.71. The minimum atomic E-state index is -0.291. The highest BCUT2D eigenvalue weighted by Gasteiger charge is 2.22. The summed E-state index contributed by atoms with van der Waals surface area (Å²) >= 11 is 0. The van der Waals surface area contributed by atoms with E-state index in [1.54, 1.807) is 7.05 Å². The molecule has 1 amide bonds. The standard InChI is InChI=1S/C10H18N4O2/c1-10(2,3)9-11-7(12-13-9)8(16)14(4)5-6-15/h15H,5-6H2,1-4H3,(H,11,12,13). The van der Waals surface area contributed by atoms with Crippen LogP contribution in [-0.2, 0) is 5.41 Å². The highest BCUT2D eigenvalue weighted by molar-refractivity contribution is 5.90. The Bertz CT molecular complexity index is 367. The maximum Gasteiger partial charge on any atom is 0.293 e. The van der Waals surface area contributed by atoms with Gasteiger partial charge in [-0.15, -0.1) is 5.10 Å². The number of nitrogens with one attached hydrogen (secondary N) is 1. The van der Waals surface area contributed by atoms with Crippen molar-refractivity contribution in [1.29, 1.82) is 0 Å². The van der Waals surface area contributed by atoms with Gasteiger partial charge in [0.1, 0.15) is 5.82 Å². The molecule has 1 rings (SSSR count). The molecule has 0 aliphatic rings. The summed E-state index contributed by atoms with van der Waals surface area (Å²) < 4.78 is 0. The van der Waals surface area contributed by atoms with Gasteiger partial charge in [-0.1, -0.05) is 20.8 Å². The van der Waals surface area contributed by atoms with Crippen molar-refractivity contribution >= 4 is 5.91 Å². The summed E-state index contributed by atoms with van der Waals surface area (Å²) in [6.45, 7) is 6.16. The summed E-state index contributed by atoms with van der Waals surface area (Å²) in [5, 5.41) is 15.4. The SMILES string of the molecule is CN(CCO)C(=O)c1n[nH]c(C(C)(C)C)n1. The number of hydrogen-bond acceptors (Lipinski definition) is 4. The van der Waals surface area contributed by atoms with Crippen molar-refractivity contribution in [3.63, 3.8) is 0 Å². The van der Waals surface area contributed by atoms with E-state index in [1.165, 1.54) is 4.90 Å². The molecule has 0 aliphatic carbocycles. The van der Waals surface area contributed by atoms with Crippen LogP contribution in [0.5, 0.6) is 0 Å². The zero-order chi connectivity index (χ0) is 12.3. The Morgan fingerprint density at radius 3 is 2.56 bits per heavy atom. The molecule has 16 heavy (non-hydrogen) atoms. The summed E-state index contributed by atoms with van der Waals surface area (Å²) in [7, 11) is 1.60. The van der Waals surface area contributed by atoms with Gasteiger partial charge >= 0.3 is 0 Å². The predicted octanol–water partition coefficient (Wildman–Crippen LogP) is 0.166. The molecule has 0 spiro atoms. The van der Waals surface area contributed by atoms with Crippen molar-refractivity contribution < 1.29 is 9.90 Å². The molecule has 0 bridgehead atoms. The number of carbonyl (C=O) groups excluding carboxylic acids is 1. The molecule has 90 valence electrons. The first-order chi connectivity index (χ1) is 7.36. The van der Waals surface area contributed by atoms with Crippen LogP contribution in [0.3, 0.4) is 0 Å². The number of aliphatic hydroxyl groups is 1. The Kier molecular flexibility index (Phi) is 3.64. The molecule has 0 aliphatic heterocycles. The van der Waals surface area contributed by atoms with Crippen LogP contribution in [0.1, 0.15) is 37.2 Å². The van der Waals surface area contributed by atoms with Gasteiger partial charge in [0.25, 0.3) is 5.91 Å². The summed E-state index contributed by atoms with van der Waals surface area (Å²) in [5.74, 6) is 0.523. The van der Waals surface area contributed by atoms with E-state index >= 15 is 0 Å². The van der Waals surface area contributed by atoms with Crippen LogP contribution in [0.2, 0.25) is 0 Å². The van der Waals surface area contributed by atoms with E-state index in [2.05, 4.69) is 15.2 Å². The summed E-state index contributed by atoms with van der Waals surface area (Å²) in [5.41, 5.74) is -0.166. The van der Waals surface area contributed by atoms with Gasteiger partial charge < -0.3 is 10.0 Å². The Morgan fingerprint density at radius 2 is 2.12 bits per heavy atom. The van der Waals surface area contributed by atoms with E-state index in [1.807, 2.05) is 20.8 Å². The molecule has 0 saturated carbocycles. The van der Waals surface area contributed by atoms with E-state index in [0.29, 0.717) is 5.82 Å². The van der Waals surface area contributed by atoms with Crippen molar-refractivity contribution in [3.8, 4) is 0 Å². The van der Waals surface area contributed by atoms with Gasteiger partial charge in [0.2, 0.25) is 5.82 Å². The fourth-order valence-electron chi connectivity index (χ4n) is 1.12. The van der Waals surface area contributed by atoms with Crippen LogP contribution in [0.4, 0.5) is 0 Å². The van der Waals surface area contributed by atoms with E-state index in [9.17, 15) is 4.79 Å². The molecule has 1 heterocycles. The molecule has 1 aromatic rings. The van der Waals surface area contributed by atoms with Gasteiger partial charge in [-0.05, 0) is 0 Å². The maximum atomic E-state index is 11.7. The Labute approximate surface area is 94.7 Å². The number of H-pyrrole nitrogens is 1. The van der Waals surface area contributed by atoms with Crippen LogP contribution < -0.4 is 0 Å². The van der Waals surface area contributed by atoms with E-state index in [0.717, 1.165) is 0 Å². The third-order valence-corrected chi connectivity index (χ3v) is 2.17. The van der Waals surface area contributed by atoms with E-state index in [4.69, 9.17) is 5.11 Å². The van der Waals surface area contributed by atoms with Crippen LogP contribution in [0.15, 0.2) is 0 Å². The zero-order valence-electron chi connectivity index (χ0n) is 10.1. The van der Waals surface area contributed by atoms with Gasteiger partial charge in [0, 0.05) is 19.0 Å². The molecule has 2 N–H and O–H groups in total. The molecule has 0 aromatic carbocycles. The van der Waals surface area contributed by atoms with Crippen LogP contribution in [-0.4, -0.2) is 51.3 Å². The number of hydrogen-bond donors (Lipinski definition) is 2. The van der Waals surface area contributed by atoms with Gasteiger partial charge in [0.05, 0.1) is 6.61 Å². The largest absolute Gasteiger partial charge is 0.395 e. The summed E-state index contributed by atoms with van der Waals surface area (Å²) in [6.07, 6.45) is 0. The maximum absolute atomic E-state index is 11.7. The zero-order valence-corrected chi connectivity index (χ0v) is 10.1. The van der Waals surface area contributed by atoms with Crippen LogP contribution >= 0.6 is 0 Å². The molecule has 0 fully saturated rings. The number of carbonyl (C=O) groups is 1. The molecule has 1 aromatic heterocycles. The highest BCUT2D eigenvalue weighted by atomic mass is 16.3. The first kappa shape index (κ1) is 12.6. The molecule has 6 nitrogen and oxygen atoms in total. The van der Waals surface area contributed by atoms with Crippen molar-refractivity contribution in [2.45, 2.75) is 26.2 Å². The third-order valence-electron chi connectivity index (χ3n) is 2.17. The number of aliphatic hydroxyl groups excluding tert-OH is 1. The van der Waals surface area contributed by atoms with E-state index in [-0.39, 0.29) is 30.3 Å². The predicted molar refractivity (Wildman–Crippen MR) is 59.1 cm³/mol. The monoisotopic (exact) mass is 226 g/mol. The Hall–Kier alpha value is -1.43. The molecule has 0 radical (unpaired) electrons. The fourth-order valence-corrected chi connectivity index (χ4v) is 1.12. The molecule has 0 unspecified atom stereocenters. The number of nitrogens with zero attached hydrogens (tertiary/aromatic N) is 3. The number of aromatic nitrogens is 3. The minimum absolute atomic E-state index is 0.0706. The lowest BCUT2D eigenvalue weighted by Crippen LogP contribution is -2.30. The van der Waals surface area contributed by atoms with Crippen molar-refractivity contribution in [1.82, 2.24) is 20.1 Å². The average Bonchev–Trinajstić information content (AvgIpc) is 2.65. The second-order valence-corrected chi connectivity index (χ2v) is 4.71. The minimum Gasteiger partial charge on any atom is -0.395 e. The second kappa shape index (κ2) is 4.61. The third kappa shape index (κ3) is 2.79. The highest BCUT2D eigenvalue weighted by Crippen LogP contribution is 2.17. The van der Waals surface area contributed by atoms with Crippen LogP contribution in [0.25, 0.3) is 0 Å². The van der Waals surface area contributed by atoms with Gasteiger partial charge in [0.15, 0.2) is 0 Å². The molecule has 0 saturated heterocycles. The number of rotatable bonds is 3. The smallest absolute Gasteiger partial charge is 0.293 e. The lowest BCUT2D eigenvalue weighted by Gasteiger charge is -2.14. The molecule has 6 heteroatoms. The lowest BCUT2D eigenvalue weighted by molar-refractivity contribution is 0.0755. The first-order valence-corrected chi connectivity index (χ1v) is 5.15. The van der Waals surface area contributed by atoms with Gasteiger partial charge in [-0.2, -0.15) is 0 Å². The van der Waals surface area contributed by atoms with Crippen molar-refractivity contribution in [3.05, 3.63) is 11.6 Å². The van der Waals surface area contributed by atoms with E-state index < -0.39 is 0 Å². The normalized spacial score (nSPS) is 11.6. The van der Waals surface area contributed by atoms with Crippen molar-refractivity contribution in [2.75, 3.05) is 20.2 Å². The quantitative estimate of drug-likeness (QED) is 0.769. The topological polar surface area (TPSA) is 82.1 Å². The Morgan fingerprint density at radius 1 is 1.50 bits per heavy atom. The number of amides is 1. The number of likely N-dealkylation sites (N-methyl/N-ethyl adjacent to an activating group) is 1. The molecular formula is C10H18N4O2. The van der Waals surface area contributed by atoms with Gasteiger partial charge in [-0.25, -0.2) is 4.98 Å². The fraction of sp³-hybridized carbons (Fsp3) is 0.700. The Balaban J connectivity index is 2.82. The van der Waals surface area contributed by atoms with Crippen LogP contribution in [0, 0.1) is 0 Å². The summed E-state index contributed by atoms with van der Waals surface area (Å²) in [4.78, 5) is 17.3. The molecule has 0 atom stereocenters. The first-order valence-electron chi connectivity index (χ1n) is 5.15. The number of aromatic amines is 1. The summed E-state index contributed by atoms with van der Waals surface area (Å²) in [6, 6.07) is 0. The molecular weight excluding hydrogens is 208 g/mol.